The number of rotatable bonds is 1. The second kappa shape index (κ2) is 2.46. The summed E-state index contributed by atoms with van der Waals surface area (Å²) in [5.74, 6) is 1.98. The molecule has 3 fully saturated rings. The Labute approximate surface area is 73.8 Å². The summed E-state index contributed by atoms with van der Waals surface area (Å²) in [5, 5.41) is 8.79. The lowest BCUT2D eigenvalue weighted by Crippen LogP contribution is -2.58. The fourth-order valence-corrected chi connectivity index (χ4v) is 3.17. The molecular formula is C10H18O2. The summed E-state index contributed by atoms with van der Waals surface area (Å²) < 4.78 is 0. The quantitative estimate of drug-likeness (QED) is 0.484. The zero-order valence-electron chi connectivity index (χ0n) is 8.08. The van der Waals surface area contributed by atoms with Crippen molar-refractivity contribution in [2.24, 2.45) is 23.2 Å². The van der Waals surface area contributed by atoms with Gasteiger partial charge < -0.3 is 0 Å². The molecule has 0 aromatic heterocycles. The van der Waals surface area contributed by atoms with Gasteiger partial charge in [-0.1, -0.05) is 20.8 Å². The van der Waals surface area contributed by atoms with Gasteiger partial charge in [-0.05, 0) is 36.0 Å². The fourth-order valence-electron chi connectivity index (χ4n) is 3.17. The van der Waals surface area contributed by atoms with Crippen LogP contribution in [-0.4, -0.2) is 11.4 Å². The molecule has 0 radical (unpaired) electrons. The first-order valence-electron chi connectivity index (χ1n) is 4.87. The smallest absolute Gasteiger partial charge is 0.0986 e. The molecule has 4 atom stereocenters. The van der Waals surface area contributed by atoms with Gasteiger partial charge in [-0.3, -0.25) is 5.26 Å². The van der Waals surface area contributed by atoms with Crippen molar-refractivity contribution in [3.05, 3.63) is 0 Å². The Morgan fingerprint density at radius 2 is 2.00 bits per heavy atom. The molecule has 0 aliphatic heterocycles. The molecule has 2 bridgehead atoms. The van der Waals surface area contributed by atoms with E-state index in [2.05, 4.69) is 25.7 Å². The maximum absolute atomic E-state index is 8.79. The molecule has 4 unspecified atom stereocenters. The van der Waals surface area contributed by atoms with Crippen molar-refractivity contribution in [3.63, 3.8) is 0 Å². The highest BCUT2D eigenvalue weighted by molar-refractivity contribution is 5.05. The summed E-state index contributed by atoms with van der Waals surface area (Å²) in [4.78, 5) is 4.59. The van der Waals surface area contributed by atoms with Crippen LogP contribution in [0.2, 0.25) is 0 Å². The first-order valence-corrected chi connectivity index (χ1v) is 4.87. The minimum atomic E-state index is 0.0880. The van der Waals surface area contributed by atoms with Crippen LogP contribution in [0.3, 0.4) is 0 Å². The van der Waals surface area contributed by atoms with E-state index in [0.29, 0.717) is 17.3 Å². The lowest BCUT2D eigenvalue weighted by Gasteiger charge is -2.60. The van der Waals surface area contributed by atoms with E-state index in [4.69, 9.17) is 5.26 Å². The first kappa shape index (κ1) is 8.52. The summed E-state index contributed by atoms with van der Waals surface area (Å²) in [6.45, 7) is 6.77. The first-order chi connectivity index (χ1) is 5.57. The van der Waals surface area contributed by atoms with Crippen molar-refractivity contribution >= 4 is 0 Å². The predicted molar refractivity (Wildman–Crippen MR) is 46.7 cm³/mol. The number of hydrogen-bond acceptors (Lipinski definition) is 2. The molecule has 2 nitrogen and oxygen atoms in total. The summed E-state index contributed by atoms with van der Waals surface area (Å²) in [6, 6.07) is 0. The maximum Gasteiger partial charge on any atom is 0.0986 e. The highest BCUT2D eigenvalue weighted by Gasteiger charge is 2.57. The fraction of sp³-hybridized carbons (Fsp3) is 1.00. The van der Waals surface area contributed by atoms with Gasteiger partial charge in [-0.25, -0.2) is 4.89 Å². The minimum Gasteiger partial charge on any atom is -0.252 e. The van der Waals surface area contributed by atoms with E-state index in [1.54, 1.807) is 0 Å². The lowest BCUT2D eigenvalue weighted by atomic mass is 9.46. The second-order valence-electron chi connectivity index (χ2n) is 5.14. The lowest BCUT2D eigenvalue weighted by molar-refractivity contribution is -0.340. The van der Waals surface area contributed by atoms with E-state index in [0.717, 1.165) is 5.92 Å². The van der Waals surface area contributed by atoms with E-state index in [9.17, 15) is 0 Å². The Bertz CT molecular complexity index is 188. The third-order valence-electron chi connectivity index (χ3n) is 4.28. The zero-order valence-corrected chi connectivity index (χ0v) is 8.08. The van der Waals surface area contributed by atoms with Gasteiger partial charge in [0, 0.05) is 0 Å². The normalized spacial score (nSPS) is 50.0. The molecule has 0 heterocycles. The highest BCUT2D eigenvalue weighted by Crippen LogP contribution is 2.61. The van der Waals surface area contributed by atoms with Crippen molar-refractivity contribution in [1.29, 1.82) is 0 Å². The third-order valence-corrected chi connectivity index (χ3v) is 4.28. The van der Waals surface area contributed by atoms with Crippen LogP contribution < -0.4 is 0 Å². The van der Waals surface area contributed by atoms with Gasteiger partial charge in [0.05, 0.1) is 6.10 Å². The molecule has 1 N–H and O–H groups in total. The third kappa shape index (κ3) is 0.882. The molecule has 0 amide bonds. The molecule has 3 rings (SSSR count). The molecule has 3 aliphatic rings. The summed E-state index contributed by atoms with van der Waals surface area (Å²) >= 11 is 0. The van der Waals surface area contributed by atoms with E-state index in [1.807, 2.05) is 0 Å². The molecule has 0 saturated heterocycles. The Kier molecular flexibility index (Phi) is 1.74. The Morgan fingerprint density at radius 1 is 1.33 bits per heavy atom. The van der Waals surface area contributed by atoms with Gasteiger partial charge in [0.1, 0.15) is 0 Å². The van der Waals surface area contributed by atoms with Crippen molar-refractivity contribution in [2.45, 2.75) is 39.7 Å². The Balaban J connectivity index is 2.15. The average molecular weight is 170 g/mol. The Hall–Kier alpha value is -0.0800. The average Bonchev–Trinajstić information content (AvgIpc) is 2.03. The van der Waals surface area contributed by atoms with Gasteiger partial charge in [-0.2, -0.15) is 0 Å². The van der Waals surface area contributed by atoms with E-state index in [1.165, 1.54) is 12.8 Å². The molecule has 12 heavy (non-hydrogen) atoms. The molecule has 3 saturated carbocycles. The van der Waals surface area contributed by atoms with Crippen LogP contribution in [0.4, 0.5) is 0 Å². The van der Waals surface area contributed by atoms with Crippen LogP contribution in [0.5, 0.6) is 0 Å². The van der Waals surface area contributed by atoms with Gasteiger partial charge in [0.15, 0.2) is 0 Å². The molecule has 2 heteroatoms. The van der Waals surface area contributed by atoms with Gasteiger partial charge in [0.2, 0.25) is 0 Å². The van der Waals surface area contributed by atoms with E-state index >= 15 is 0 Å². The van der Waals surface area contributed by atoms with Crippen molar-refractivity contribution in [1.82, 2.24) is 0 Å². The summed E-state index contributed by atoms with van der Waals surface area (Å²) in [5.41, 5.74) is 0.403. The Morgan fingerprint density at radius 3 is 2.42 bits per heavy atom. The highest BCUT2D eigenvalue weighted by atomic mass is 17.1. The van der Waals surface area contributed by atoms with Gasteiger partial charge >= 0.3 is 0 Å². The van der Waals surface area contributed by atoms with Crippen LogP contribution in [0.25, 0.3) is 0 Å². The molecule has 3 aliphatic carbocycles. The van der Waals surface area contributed by atoms with Crippen molar-refractivity contribution < 1.29 is 10.1 Å². The van der Waals surface area contributed by atoms with Crippen molar-refractivity contribution in [3.8, 4) is 0 Å². The maximum atomic E-state index is 8.79. The van der Waals surface area contributed by atoms with Crippen LogP contribution in [0.15, 0.2) is 0 Å². The predicted octanol–water partition coefficient (Wildman–Crippen LogP) is 2.55. The number of hydrogen-bond donors (Lipinski definition) is 1. The van der Waals surface area contributed by atoms with Crippen LogP contribution in [-0.2, 0) is 4.89 Å². The molecule has 0 aromatic carbocycles. The largest absolute Gasteiger partial charge is 0.252 e. The van der Waals surface area contributed by atoms with Crippen LogP contribution >= 0.6 is 0 Å². The summed E-state index contributed by atoms with van der Waals surface area (Å²) in [6.07, 6.45) is 2.56. The van der Waals surface area contributed by atoms with Gasteiger partial charge in [0.25, 0.3) is 0 Å². The summed E-state index contributed by atoms with van der Waals surface area (Å²) in [7, 11) is 0. The molecule has 0 spiro atoms. The SMILES string of the molecule is CC1CC2CC(C1OO)C2(C)C. The van der Waals surface area contributed by atoms with Crippen LogP contribution in [0, 0.1) is 23.2 Å². The van der Waals surface area contributed by atoms with E-state index in [-0.39, 0.29) is 6.10 Å². The van der Waals surface area contributed by atoms with Crippen molar-refractivity contribution in [2.75, 3.05) is 0 Å². The number of fused-ring (bicyclic) bond motifs is 2. The molecule has 0 aromatic rings. The zero-order chi connectivity index (χ0) is 8.93. The topological polar surface area (TPSA) is 29.5 Å². The molecule has 70 valence electrons. The monoisotopic (exact) mass is 170 g/mol. The standard InChI is InChI=1S/C10H18O2/c1-6-4-7-5-8(9(6)12-11)10(7,2)3/h6-9,11H,4-5H2,1-3H3. The second-order valence-corrected chi connectivity index (χ2v) is 5.14. The van der Waals surface area contributed by atoms with Crippen LogP contribution in [0.1, 0.15) is 33.6 Å². The minimum absolute atomic E-state index is 0.0880. The molecular weight excluding hydrogens is 152 g/mol. The van der Waals surface area contributed by atoms with E-state index < -0.39 is 0 Å². The van der Waals surface area contributed by atoms with Gasteiger partial charge in [-0.15, -0.1) is 0 Å².